The summed E-state index contributed by atoms with van der Waals surface area (Å²) in [5.74, 6) is 0. The molecule has 0 aliphatic heterocycles. The number of nitrogens with zero attached hydrogens (tertiary/aromatic N) is 1. The first-order valence-electron chi connectivity index (χ1n) is 9.47. The van der Waals surface area contributed by atoms with E-state index in [1.165, 1.54) is 33.4 Å². The molecule has 0 bridgehead atoms. The average molecular weight is 349 g/mol. The molecule has 0 atom stereocenters. The van der Waals surface area contributed by atoms with E-state index in [0.717, 1.165) is 17.7 Å². The Kier molecular flexibility index (Phi) is 4.84. The smallest absolute Gasteiger partial charge is 0.0705 e. The molecule has 1 heteroatoms. The molecule has 1 aromatic heterocycles. The molecule has 0 saturated heterocycles. The Morgan fingerprint density at radius 2 is 1.30 bits per heavy atom. The predicted octanol–water partition coefficient (Wildman–Crippen LogP) is 6.95. The molecular weight excluding hydrogens is 326 g/mol. The van der Waals surface area contributed by atoms with Gasteiger partial charge in [-0.2, -0.15) is 0 Å². The van der Waals surface area contributed by atoms with Crippen molar-refractivity contribution in [2.75, 3.05) is 0 Å². The van der Waals surface area contributed by atoms with Crippen LogP contribution in [0.15, 0.2) is 91.1 Å². The van der Waals surface area contributed by atoms with Gasteiger partial charge < -0.3 is 0 Å². The zero-order chi connectivity index (χ0) is 18.6. The Bertz CT molecular complexity index is 1050. The Morgan fingerprint density at radius 1 is 0.667 bits per heavy atom. The van der Waals surface area contributed by atoms with Crippen molar-refractivity contribution >= 4 is 0 Å². The number of benzene rings is 3. The number of aryl methyl sites for hydroxylation is 2. The third kappa shape index (κ3) is 3.54. The first-order valence-corrected chi connectivity index (χ1v) is 9.47. The fourth-order valence-corrected chi connectivity index (χ4v) is 3.56. The van der Waals surface area contributed by atoms with Crippen molar-refractivity contribution in [3.05, 3.63) is 102 Å². The topological polar surface area (TPSA) is 12.9 Å². The van der Waals surface area contributed by atoms with Crippen molar-refractivity contribution in [3.8, 4) is 33.5 Å². The van der Waals surface area contributed by atoms with Gasteiger partial charge >= 0.3 is 0 Å². The number of hydrogen-bond donors (Lipinski definition) is 0. The lowest BCUT2D eigenvalue weighted by atomic mass is 9.96. The second kappa shape index (κ2) is 7.59. The van der Waals surface area contributed by atoms with E-state index in [4.69, 9.17) is 4.98 Å². The molecule has 27 heavy (non-hydrogen) atoms. The van der Waals surface area contributed by atoms with Gasteiger partial charge in [0, 0.05) is 17.3 Å². The lowest BCUT2D eigenvalue weighted by molar-refractivity contribution is 1.14. The van der Waals surface area contributed by atoms with Crippen LogP contribution >= 0.6 is 0 Å². The number of rotatable bonds is 4. The molecule has 4 aromatic rings. The third-order valence-electron chi connectivity index (χ3n) is 5.09. The van der Waals surface area contributed by atoms with Gasteiger partial charge in [0.05, 0.1) is 5.69 Å². The van der Waals surface area contributed by atoms with E-state index in [9.17, 15) is 0 Å². The molecule has 1 nitrogen and oxygen atoms in total. The molecule has 0 unspecified atom stereocenters. The Morgan fingerprint density at radius 3 is 2.00 bits per heavy atom. The van der Waals surface area contributed by atoms with Crippen LogP contribution in [0.5, 0.6) is 0 Å². The van der Waals surface area contributed by atoms with Crippen molar-refractivity contribution in [2.24, 2.45) is 0 Å². The summed E-state index contributed by atoms with van der Waals surface area (Å²) in [5, 5.41) is 0. The average Bonchev–Trinajstić information content (AvgIpc) is 2.74. The minimum atomic E-state index is 1.02. The molecule has 0 N–H and O–H groups in total. The van der Waals surface area contributed by atoms with Gasteiger partial charge in [0.25, 0.3) is 0 Å². The fourth-order valence-electron chi connectivity index (χ4n) is 3.56. The van der Waals surface area contributed by atoms with Gasteiger partial charge in [-0.05, 0) is 47.2 Å². The molecule has 0 radical (unpaired) electrons. The van der Waals surface area contributed by atoms with E-state index >= 15 is 0 Å². The van der Waals surface area contributed by atoms with E-state index in [0.29, 0.717) is 0 Å². The van der Waals surface area contributed by atoms with Crippen LogP contribution in [0, 0.1) is 6.92 Å². The minimum Gasteiger partial charge on any atom is -0.256 e. The standard InChI is InChI=1S/C26H23N/c1-3-20-9-7-8-12-24(20)22-13-15-23(16-14-22)26-17-19(2)25(18-27-26)21-10-5-4-6-11-21/h4-18H,3H2,1-2H3. The highest BCUT2D eigenvalue weighted by Crippen LogP contribution is 2.29. The third-order valence-corrected chi connectivity index (χ3v) is 5.09. The highest BCUT2D eigenvalue weighted by molar-refractivity contribution is 5.73. The summed E-state index contributed by atoms with van der Waals surface area (Å²) < 4.78 is 0. The maximum atomic E-state index is 4.72. The van der Waals surface area contributed by atoms with Gasteiger partial charge in [-0.1, -0.05) is 85.8 Å². The van der Waals surface area contributed by atoms with Crippen molar-refractivity contribution in [1.82, 2.24) is 4.98 Å². The highest BCUT2D eigenvalue weighted by Gasteiger charge is 2.07. The molecule has 0 fully saturated rings. The maximum Gasteiger partial charge on any atom is 0.0705 e. The molecule has 3 aromatic carbocycles. The highest BCUT2D eigenvalue weighted by atomic mass is 14.7. The minimum absolute atomic E-state index is 1.02. The van der Waals surface area contributed by atoms with Crippen LogP contribution in [0.1, 0.15) is 18.1 Å². The maximum absolute atomic E-state index is 4.72. The number of hydrogen-bond acceptors (Lipinski definition) is 1. The van der Waals surface area contributed by atoms with Gasteiger partial charge in [-0.25, -0.2) is 0 Å². The molecule has 0 spiro atoms. The van der Waals surface area contributed by atoms with E-state index in [2.05, 4.69) is 92.7 Å². The molecule has 0 saturated carbocycles. The van der Waals surface area contributed by atoms with Gasteiger partial charge in [0.1, 0.15) is 0 Å². The second-order valence-corrected chi connectivity index (χ2v) is 6.84. The molecule has 0 amide bonds. The normalized spacial score (nSPS) is 10.7. The summed E-state index contributed by atoms with van der Waals surface area (Å²) in [7, 11) is 0. The number of aromatic nitrogens is 1. The largest absolute Gasteiger partial charge is 0.256 e. The summed E-state index contributed by atoms with van der Waals surface area (Å²) in [6.45, 7) is 4.35. The van der Waals surface area contributed by atoms with Crippen LogP contribution < -0.4 is 0 Å². The molecular formula is C26H23N. The van der Waals surface area contributed by atoms with E-state index in [1.54, 1.807) is 0 Å². The van der Waals surface area contributed by atoms with Crippen LogP contribution in [-0.2, 0) is 6.42 Å². The summed E-state index contributed by atoms with van der Waals surface area (Å²) in [5.41, 5.74) is 9.76. The van der Waals surface area contributed by atoms with E-state index < -0.39 is 0 Å². The fraction of sp³-hybridized carbons (Fsp3) is 0.115. The van der Waals surface area contributed by atoms with E-state index in [1.807, 2.05) is 12.3 Å². The van der Waals surface area contributed by atoms with Crippen LogP contribution in [0.3, 0.4) is 0 Å². The Labute approximate surface area is 161 Å². The zero-order valence-corrected chi connectivity index (χ0v) is 15.8. The van der Waals surface area contributed by atoms with Crippen LogP contribution in [0.2, 0.25) is 0 Å². The number of pyridine rings is 1. The summed E-state index contributed by atoms with van der Waals surface area (Å²) in [6, 6.07) is 30.0. The van der Waals surface area contributed by atoms with Crippen LogP contribution in [-0.4, -0.2) is 4.98 Å². The summed E-state index contributed by atoms with van der Waals surface area (Å²) in [4.78, 5) is 4.72. The zero-order valence-electron chi connectivity index (χ0n) is 15.8. The lowest BCUT2D eigenvalue weighted by Crippen LogP contribution is -1.90. The van der Waals surface area contributed by atoms with Gasteiger partial charge in [0.2, 0.25) is 0 Å². The van der Waals surface area contributed by atoms with Crippen molar-refractivity contribution < 1.29 is 0 Å². The Hall–Kier alpha value is -3.19. The van der Waals surface area contributed by atoms with Crippen molar-refractivity contribution in [3.63, 3.8) is 0 Å². The molecule has 0 aliphatic carbocycles. The summed E-state index contributed by atoms with van der Waals surface area (Å²) in [6.07, 6.45) is 3.03. The van der Waals surface area contributed by atoms with Gasteiger partial charge in [0.15, 0.2) is 0 Å². The van der Waals surface area contributed by atoms with Crippen LogP contribution in [0.4, 0.5) is 0 Å². The van der Waals surface area contributed by atoms with E-state index in [-0.39, 0.29) is 0 Å². The van der Waals surface area contributed by atoms with Gasteiger partial charge in [-0.15, -0.1) is 0 Å². The SMILES string of the molecule is CCc1ccccc1-c1ccc(-c2cc(C)c(-c3ccccc3)cn2)cc1. The molecule has 4 rings (SSSR count). The lowest BCUT2D eigenvalue weighted by Gasteiger charge is -2.10. The first kappa shape index (κ1) is 17.2. The molecule has 1 heterocycles. The quantitative estimate of drug-likeness (QED) is 0.388. The summed E-state index contributed by atoms with van der Waals surface area (Å²) >= 11 is 0. The van der Waals surface area contributed by atoms with Crippen LogP contribution in [0.25, 0.3) is 33.5 Å². The second-order valence-electron chi connectivity index (χ2n) is 6.84. The first-order chi connectivity index (χ1) is 13.3. The molecule has 0 aliphatic rings. The molecule has 132 valence electrons. The van der Waals surface area contributed by atoms with Gasteiger partial charge in [-0.3, -0.25) is 4.98 Å². The predicted molar refractivity (Wildman–Crippen MR) is 115 cm³/mol. The Balaban J connectivity index is 1.66. The van der Waals surface area contributed by atoms with Crippen molar-refractivity contribution in [2.45, 2.75) is 20.3 Å². The van der Waals surface area contributed by atoms with Crippen molar-refractivity contribution in [1.29, 1.82) is 0 Å². The monoisotopic (exact) mass is 349 g/mol.